The third-order valence-corrected chi connectivity index (χ3v) is 14.5. The van der Waals surface area contributed by atoms with Crippen LogP contribution in [0.5, 0.6) is 5.75 Å². The molecule has 0 amide bonds. The minimum atomic E-state index is -2.82. The fraction of sp³-hybridized carbons (Fsp3) is 0.478. The Bertz CT molecular complexity index is 856. The Morgan fingerprint density at radius 3 is 2.30 bits per heavy atom. The van der Waals surface area contributed by atoms with Gasteiger partial charge in [-0.3, -0.25) is 4.21 Å². The number of halogens is 1. The van der Waals surface area contributed by atoms with Crippen molar-refractivity contribution in [1.82, 2.24) is 0 Å². The van der Waals surface area contributed by atoms with Crippen molar-refractivity contribution in [2.75, 3.05) is 13.4 Å². The van der Waals surface area contributed by atoms with Crippen molar-refractivity contribution in [2.24, 2.45) is 5.92 Å². The molecule has 0 N–H and O–H groups in total. The molecule has 2 aliphatic rings. The van der Waals surface area contributed by atoms with Crippen molar-refractivity contribution in [3.05, 3.63) is 65.7 Å². The van der Waals surface area contributed by atoms with E-state index in [1.807, 2.05) is 0 Å². The van der Waals surface area contributed by atoms with E-state index in [1.54, 1.807) is 7.11 Å². The monoisotopic (exact) mass is 496 g/mol. The predicted octanol–water partition coefficient (Wildman–Crippen LogP) is 6.28. The van der Waals surface area contributed by atoms with Crippen LogP contribution in [-0.4, -0.2) is 22.8 Å². The predicted molar refractivity (Wildman–Crippen MR) is 123 cm³/mol. The lowest BCUT2D eigenvalue weighted by Gasteiger charge is -2.57. The maximum atomic E-state index is 14.5. The van der Waals surface area contributed by atoms with Gasteiger partial charge in [0, 0.05) is 38.0 Å². The van der Waals surface area contributed by atoms with Gasteiger partial charge < -0.3 is 4.74 Å². The summed E-state index contributed by atoms with van der Waals surface area (Å²) in [5, 5.41) is 0.428. The highest BCUT2D eigenvalue weighted by Gasteiger charge is 2.56. The van der Waals surface area contributed by atoms with E-state index in [9.17, 15) is 4.21 Å². The lowest BCUT2D eigenvalue weighted by atomic mass is 9.73. The molecule has 0 aromatic heterocycles. The van der Waals surface area contributed by atoms with Crippen LogP contribution < -0.4 is 4.74 Å². The molecule has 4 atom stereocenters. The molecular weight excluding hydrogens is 467 g/mol. The number of ether oxygens (including phenoxy) is 1. The summed E-state index contributed by atoms with van der Waals surface area (Å²) < 4.78 is 19.9. The van der Waals surface area contributed by atoms with Crippen molar-refractivity contribution in [1.29, 1.82) is 0 Å². The van der Waals surface area contributed by atoms with Gasteiger partial charge >= 0.3 is 0 Å². The Morgan fingerprint density at radius 1 is 0.963 bits per heavy atom. The molecule has 1 saturated heterocycles. The highest BCUT2D eigenvalue weighted by molar-refractivity contribution is 14.2. The SMILES string of the molecule is COc1ccc(C2CC(c3ccccc3)S(C)(=O)(I)C3CCCCC23)cc1. The van der Waals surface area contributed by atoms with Gasteiger partial charge in [-0.05, 0) is 60.6 Å². The van der Waals surface area contributed by atoms with Crippen LogP contribution in [0.15, 0.2) is 54.6 Å². The summed E-state index contributed by atoms with van der Waals surface area (Å²) in [4.78, 5) is 0. The fourth-order valence-electron chi connectivity index (χ4n) is 5.48. The number of benzene rings is 2. The molecule has 1 aliphatic heterocycles. The fourth-order valence-corrected chi connectivity index (χ4v) is 12.6. The van der Waals surface area contributed by atoms with Crippen LogP contribution in [-0.2, 0) is 6.24 Å². The second-order valence-corrected chi connectivity index (χ2v) is 19.0. The molecule has 4 heteroatoms. The second-order valence-electron chi connectivity index (χ2n) is 8.36. The average molecular weight is 496 g/mol. The van der Waals surface area contributed by atoms with E-state index >= 15 is 0 Å². The molecule has 146 valence electrons. The molecule has 4 unspecified atom stereocenters. The van der Waals surface area contributed by atoms with E-state index in [-0.39, 0.29) is 5.25 Å². The van der Waals surface area contributed by atoms with Gasteiger partial charge in [0.15, 0.2) is 0 Å². The van der Waals surface area contributed by atoms with Gasteiger partial charge in [-0.2, -0.15) is 0 Å². The Kier molecular flexibility index (Phi) is 5.17. The summed E-state index contributed by atoms with van der Waals surface area (Å²) in [7, 11) is 1.71. The Labute approximate surface area is 175 Å². The van der Waals surface area contributed by atoms with Crippen LogP contribution in [0.4, 0.5) is 0 Å². The van der Waals surface area contributed by atoms with Crippen LogP contribution >= 0.6 is 21.2 Å². The van der Waals surface area contributed by atoms with Crippen molar-refractivity contribution >= 4 is 27.4 Å². The third kappa shape index (κ3) is 3.48. The van der Waals surface area contributed by atoms with Crippen LogP contribution in [0.3, 0.4) is 0 Å². The van der Waals surface area contributed by atoms with E-state index in [4.69, 9.17) is 4.74 Å². The molecule has 2 aromatic rings. The van der Waals surface area contributed by atoms with E-state index in [0.717, 1.165) is 18.6 Å². The van der Waals surface area contributed by atoms with E-state index in [1.165, 1.54) is 30.4 Å². The summed E-state index contributed by atoms with van der Waals surface area (Å²) in [6.07, 6.45) is 5.04. The molecule has 1 heterocycles. The molecule has 2 nitrogen and oxygen atoms in total. The zero-order valence-electron chi connectivity index (χ0n) is 16.1. The Morgan fingerprint density at radius 2 is 1.63 bits per heavy atom. The summed E-state index contributed by atoms with van der Waals surface area (Å²) in [6.45, 7) is 0. The summed E-state index contributed by atoms with van der Waals surface area (Å²) in [5.74, 6) is 1.90. The van der Waals surface area contributed by atoms with E-state index in [2.05, 4.69) is 82.1 Å². The minimum Gasteiger partial charge on any atom is -0.497 e. The largest absolute Gasteiger partial charge is 0.497 e. The molecular formula is C23H29IO2S. The topological polar surface area (TPSA) is 26.3 Å². The van der Waals surface area contributed by atoms with Gasteiger partial charge in [0.2, 0.25) is 0 Å². The molecule has 2 aromatic carbocycles. The smallest absolute Gasteiger partial charge is 0.118 e. The van der Waals surface area contributed by atoms with E-state index in [0.29, 0.717) is 17.1 Å². The molecule has 27 heavy (non-hydrogen) atoms. The zero-order valence-corrected chi connectivity index (χ0v) is 19.1. The lowest BCUT2D eigenvalue weighted by Crippen LogP contribution is -2.53. The molecule has 1 saturated carbocycles. The minimum absolute atomic E-state index is 0.121. The number of hydrogen-bond acceptors (Lipinski definition) is 2. The number of fused-ring (bicyclic) bond motifs is 1. The van der Waals surface area contributed by atoms with Gasteiger partial charge in [-0.25, -0.2) is 0 Å². The third-order valence-electron chi connectivity index (χ3n) is 6.84. The molecule has 2 fully saturated rings. The zero-order chi connectivity index (χ0) is 19.1. The Hall–Kier alpha value is -0.880. The maximum absolute atomic E-state index is 14.5. The summed E-state index contributed by atoms with van der Waals surface area (Å²) in [6, 6.07) is 19.2. The highest BCUT2D eigenvalue weighted by Crippen LogP contribution is 2.64. The van der Waals surface area contributed by atoms with Crippen molar-refractivity contribution in [3.8, 4) is 5.75 Å². The number of methoxy groups -OCH3 is 1. The average Bonchev–Trinajstić information content (AvgIpc) is 2.69. The van der Waals surface area contributed by atoms with Crippen molar-refractivity contribution in [3.63, 3.8) is 0 Å². The molecule has 0 spiro atoms. The molecule has 4 rings (SSSR count). The van der Waals surface area contributed by atoms with E-state index < -0.39 is 6.24 Å². The van der Waals surface area contributed by atoms with Gasteiger partial charge in [0.05, 0.1) is 7.11 Å². The van der Waals surface area contributed by atoms with Crippen LogP contribution in [0.25, 0.3) is 0 Å². The van der Waals surface area contributed by atoms with Gasteiger partial charge in [0.1, 0.15) is 5.75 Å². The van der Waals surface area contributed by atoms with Gasteiger partial charge in [-0.1, -0.05) is 55.3 Å². The molecule has 0 bridgehead atoms. The summed E-state index contributed by atoms with van der Waals surface area (Å²) >= 11 is 2.40. The van der Waals surface area contributed by atoms with Crippen LogP contribution in [0, 0.1) is 5.92 Å². The normalized spacial score (nSPS) is 33.2. The standard InChI is InChI=1S/C23H29IO2S/c1-26-19-14-12-17(13-15-19)21-16-23(18-8-4-3-5-9-18)27(2,24,25)22-11-7-6-10-20(21)22/h3-5,8-9,12-15,20-23H,6-7,10-11,16H2,1-2H3. The Balaban J connectivity index is 1.79. The highest BCUT2D eigenvalue weighted by atomic mass is 127. The van der Waals surface area contributed by atoms with Gasteiger partial charge in [0.25, 0.3) is 0 Å². The number of hydrogen-bond donors (Lipinski definition) is 0. The van der Waals surface area contributed by atoms with Crippen LogP contribution in [0.2, 0.25) is 0 Å². The first-order valence-electron chi connectivity index (χ1n) is 9.92. The first-order valence-corrected chi connectivity index (χ1v) is 15.0. The van der Waals surface area contributed by atoms with Crippen LogP contribution in [0.1, 0.15) is 54.4 Å². The second kappa shape index (κ2) is 7.18. The number of rotatable bonds is 3. The van der Waals surface area contributed by atoms with Crippen molar-refractivity contribution < 1.29 is 8.95 Å². The van der Waals surface area contributed by atoms with Crippen molar-refractivity contribution in [2.45, 2.75) is 48.5 Å². The lowest BCUT2D eigenvalue weighted by molar-refractivity contribution is 0.278. The summed E-state index contributed by atoms with van der Waals surface area (Å²) in [5.41, 5.74) is 2.63. The molecule has 0 radical (unpaired) electrons. The van der Waals surface area contributed by atoms with Gasteiger partial charge in [-0.15, -0.1) is 0 Å². The molecule has 1 aliphatic carbocycles. The maximum Gasteiger partial charge on any atom is 0.118 e. The first-order chi connectivity index (χ1) is 12.9. The first kappa shape index (κ1) is 19.4. The quantitative estimate of drug-likeness (QED) is 0.369.